The van der Waals surface area contributed by atoms with Crippen molar-refractivity contribution in [3.63, 3.8) is 0 Å². The van der Waals surface area contributed by atoms with Crippen LogP contribution in [0.15, 0.2) is 78.9 Å². The topological polar surface area (TPSA) is 126 Å². The molecular formula is C40H38ClNO9S. The predicted octanol–water partition coefficient (Wildman–Crippen LogP) is 8.39. The highest BCUT2D eigenvalue weighted by Gasteiger charge is 2.32. The van der Waals surface area contributed by atoms with E-state index < -0.39 is 17.9 Å². The van der Waals surface area contributed by atoms with Gasteiger partial charge in [0.05, 0.1) is 40.8 Å². The average Bonchev–Trinajstić information content (AvgIpc) is 3.61. The Kier molecular flexibility index (Phi) is 12.6. The van der Waals surface area contributed by atoms with E-state index in [9.17, 15) is 24.0 Å². The number of thiophene rings is 1. The molecule has 1 aromatic heterocycles. The summed E-state index contributed by atoms with van der Waals surface area (Å²) in [7, 11) is 2.82. The van der Waals surface area contributed by atoms with Crippen molar-refractivity contribution in [2.45, 2.75) is 39.5 Å². The number of hydrogen-bond donors (Lipinski definition) is 0. The average molecular weight is 744 g/mol. The molecule has 1 heterocycles. The molecule has 0 N–H and O–H groups in total. The van der Waals surface area contributed by atoms with Crippen molar-refractivity contribution in [2.75, 3.05) is 25.7 Å². The predicted molar refractivity (Wildman–Crippen MR) is 199 cm³/mol. The Balaban J connectivity index is 1.16. The van der Waals surface area contributed by atoms with Crippen molar-refractivity contribution in [3.05, 3.63) is 110 Å². The van der Waals surface area contributed by atoms with Crippen LogP contribution in [-0.4, -0.2) is 50.4 Å². The number of nitrogens with zero attached hydrogens (tertiary/aromatic N) is 1. The molecule has 1 aliphatic carbocycles. The third-order valence-electron chi connectivity index (χ3n) is 8.84. The maximum absolute atomic E-state index is 13.3. The number of carbonyl (C=O) groups excluding carboxylic acids is 5. The van der Waals surface area contributed by atoms with E-state index in [0.717, 1.165) is 5.56 Å². The van der Waals surface area contributed by atoms with Crippen LogP contribution in [0.1, 0.15) is 74.1 Å². The maximum Gasteiger partial charge on any atom is 0.337 e. The van der Waals surface area contributed by atoms with Crippen LogP contribution < -0.4 is 19.1 Å². The van der Waals surface area contributed by atoms with Crippen LogP contribution >= 0.6 is 22.9 Å². The number of halogens is 1. The molecule has 0 bridgehead atoms. The molecule has 12 heteroatoms. The van der Waals surface area contributed by atoms with Crippen molar-refractivity contribution in [1.29, 1.82) is 0 Å². The number of esters is 3. The number of benzene rings is 3. The lowest BCUT2D eigenvalue weighted by Crippen LogP contribution is -2.31. The van der Waals surface area contributed by atoms with Crippen molar-refractivity contribution in [1.82, 2.24) is 0 Å². The number of ketones is 1. The van der Waals surface area contributed by atoms with Crippen LogP contribution in [0.4, 0.5) is 5.69 Å². The van der Waals surface area contributed by atoms with Gasteiger partial charge in [0, 0.05) is 23.4 Å². The summed E-state index contributed by atoms with van der Waals surface area (Å²) in [6.07, 6.45) is 4.78. The first kappa shape index (κ1) is 38.0. The second-order valence-electron chi connectivity index (χ2n) is 12.2. The second-order valence-corrected chi connectivity index (χ2v) is 13.9. The van der Waals surface area contributed by atoms with Gasteiger partial charge in [-0.2, -0.15) is 0 Å². The molecule has 1 amide bonds. The van der Waals surface area contributed by atoms with Gasteiger partial charge in [0.25, 0.3) is 5.91 Å². The van der Waals surface area contributed by atoms with E-state index in [1.165, 1.54) is 31.6 Å². The number of rotatable bonds is 12. The summed E-state index contributed by atoms with van der Waals surface area (Å²) >= 11 is 7.14. The summed E-state index contributed by atoms with van der Waals surface area (Å²) in [4.78, 5) is 66.2. The Bertz CT molecular complexity index is 1990. The Morgan fingerprint density at radius 3 is 2.02 bits per heavy atom. The summed E-state index contributed by atoms with van der Waals surface area (Å²) < 4.78 is 22.1. The number of allylic oxidation sites excluding steroid dienone is 1. The highest BCUT2D eigenvalue weighted by atomic mass is 35.5. The molecule has 52 heavy (non-hydrogen) atoms. The number of anilines is 1. The molecule has 0 unspecified atom stereocenters. The first-order chi connectivity index (χ1) is 25.0. The van der Waals surface area contributed by atoms with Crippen LogP contribution in [0.25, 0.3) is 6.08 Å². The van der Waals surface area contributed by atoms with E-state index in [-0.39, 0.29) is 23.6 Å². The van der Waals surface area contributed by atoms with Crippen LogP contribution in [-0.2, 0) is 14.3 Å². The van der Waals surface area contributed by atoms with Crippen LogP contribution in [0.2, 0.25) is 4.34 Å². The molecule has 10 nitrogen and oxygen atoms in total. The lowest BCUT2D eigenvalue weighted by Gasteiger charge is -2.26. The molecule has 1 saturated carbocycles. The molecule has 4 aromatic rings. The zero-order chi connectivity index (χ0) is 37.4. The summed E-state index contributed by atoms with van der Waals surface area (Å²) in [5.41, 5.74) is 2.67. The van der Waals surface area contributed by atoms with Crippen LogP contribution in [0.3, 0.4) is 0 Å². The summed E-state index contributed by atoms with van der Waals surface area (Å²) in [6.45, 7) is 4.09. The van der Waals surface area contributed by atoms with Gasteiger partial charge < -0.3 is 23.8 Å². The van der Waals surface area contributed by atoms with E-state index in [1.807, 2.05) is 13.8 Å². The van der Waals surface area contributed by atoms with Gasteiger partial charge in [0.2, 0.25) is 0 Å². The zero-order valence-corrected chi connectivity index (χ0v) is 30.8. The Labute approximate surface area is 310 Å². The van der Waals surface area contributed by atoms with Crippen molar-refractivity contribution >= 4 is 64.3 Å². The zero-order valence-electron chi connectivity index (χ0n) is 29.2. The molecule has 0 aliphatic heterocycles. The molecule has 0 atom stereocenters. The Morgan fingerprint density at radius 1 is 0.808 bits per heavy atom. The summed E-state index contributed by atoms with van der Waals surface area (Å²) in [6, 6.07) is 19.7. The SMILES string of the molecule is CCN(C(=O)c1ccc(C(=O)OC)cc1)c1ccc(OC(=O)C2CCC(C(=O)Oc3ccc(OC)cc3/C=C/C(=O)c3ccc(Cl)s3)CC2)cc1C. The fourth-order valence-electron chi connectivity index (χ4n) is 5.97. The quantitative estimate of drug-likeness (QED) is 0.0609. The second kappa shape index (κ2) is 17.3. The van der Waals surface area contributed by atoms with E-state index in [1.54, 1.807) is 83.8 Å². The minimum Gasteiger partial charge on any atom is -0.497 e. The molecule has 0 saturated heterocycles. The van der Waals surface area contributed by atoms with Gasteiger partial charge >= 0.3 is 17.9 Å². The van der Waals surface area contributed by atoms with Gasteiger partial charge in [0.15, 0.2) is 5.78 Å². The summed E-state index contributed by atoms with van der Waals surface area (Å²) in [5, 5.41) is 0. The first-order valence-corrected chi connectivity index (χ1v) is 17.9. The minimum atomic E-state index is -0.483. The molecule has 0 radical (unpaired) electrons. The Hall–Kier alpha value is -5.26. The van der Waals surface area contributed by atoms with Crippen molar-refractivity contribution in [3.8, 4) is 17.2 Å². The highest BCUT2D eigenvalue weighted by molar-refractivity contribution is 7.18. The van der Waals surface area contributed by atoms with Crippen molar-refractivity contribution in [2.24, 2.45) is 11.8 Å². The number of amides is 1. The van der Waals surface area contributed by atoms with Crippen LogP contribution in [0, 0.1) is 18.8 Å². The number of carbonyl (C=O) groups is 5. The monoisotopic (exact) mass is 743 g/mol. The number of hydrogen-bond acceptors (Lipinski definition) is 10. The molecular weight excluding hydrogens is 706 g/mol. The minimum absolute atomic E-state index is 0.229. The first-order valence-electron chi connectivity index (χ1n) is 16.7. The third-order valence-corrected chi connectivity index (χ3v) is 10.1. The maximum atomic E-state index is 13.3. The molecule has 1 aliphatic rings. The number of aryl methyl sites for hydroxylation is 1. The standard InChI is InChI=1S/C40H38ClNO9S/c1-5-42(37(44)25-6-8-26(9-7-25)38(45)49-4)32-17-15-31(22-24(32)2)50-39(46)27-10-12-28(13-11-27)40(47)51-34-19-16-30(48-3)23-29(34)14-18-33(43)35-20-21-36(41)52-35/h6-9,14-23,27-28H,5,10-13H2,1-4H3/b18-14+. The fraction of sp³-hybridized carbons (Fsp3) is 0.275. The van der Waals surface area contributed by atoms with Crippen molar-refractivity contribution < 1.29 is 42.9 Å². The fourth-order valence-corrected chi connectivity index (χ4v) is 6.93. The number of methoxy groups -OCH3 is 2. The van der Waals surface area contributed by atoms with Gasteiger partial charge in [-0.1, -0.05) is 11.6 Å². The van der Waals surface area contributed by atoms with E-state index in [0.29, 0.717) is 81.1 Å². The van der Waals surface area contributed by atoms with E-state index >= 15 is 0 Å². The van der Waals surface area contributed by atoms with Gasteiger partial charge in [-0.05, 0) is 130 Å². The lowest BCUT2D eigenvalue weighted by molar-refractivity contribution is -0.145. The highest BCUT2D eigenvalue weighted by Crippen LogP contribution is 2.34. The molecule has 1 fully saturated rings. The smallest absolute Gasteiger partial charge is 0.337 e. The third kappa shape index (κ3) is 9.15. The summed E-state index contributed by atoms with van der Waals surface area (Å²) in [5.74, 6) is -1.35. The normalized spacial score (nSPS) is 15.5. The molecule has 3 aromatic carbocycles. The number of ether oxygens (including phenoxy) is 4. The van der Waals surface area contributed by atoms with Gasteiger partial charge in [-0.25, -0.2) is 4.79 Å². The van der Waals surface area contributed by atoms with Gasteiger partial charge in [0.1, 0.15) is 17.2 Å². The van der Waals surface area contributed by atoms with Crippen LogP contribution in [0.5, 0.6) is 17.2 Å². The molecule has 0 spiro atoms. The van der Waals surface area contributed by atoms with E-state index in [2.05, 4.69) is 0 Å². The lowest BCUT2D eigenvalue weighted by atomic mass is 9.82. The molecule has 5 rings (SSSR count). The van der Waals surface area contributed by atoms with E-state index in [4.69, 9.17) is 30.5 Å². The van der Waals surface area contributed by atoms with Gasteiger partial charge in [-0.15, -0.1) is 11.3 Å². The largest absolute Gasteiger partial charge is 0.497 e. The Morgan fingerprint density at radius 2 is 1.44 bits per heavy atom. The molecule has 270 valence electrons. The van der Waals surface area contributed by atoms with Gasteiger partial charge in [-0.3, -0.25) is 19.2 Å².